The second-order valence-electron chi connectivity index (χ2n) is 7.44. The quantitative estimate of drug-likeness (QED) is 0.234. The highest BCUT2D eigenvalue weighted by Gasteiger charge is 2.14. The van der Waals surface area contributed by atoms with E-state index in [-0.39, 0.29) is 6.79 Å². The number of ether oxygens (including phenoxy) is 4. The molecule has 0 aliphatic carbocycles. The average molecular weight is 483 g/mol. The molecule has 0 saturated heterocycles. The van der Waals surface area contributed by atoms with Crippen LogP contribution in [0.15, 0.2) is 42.6 Å². The van der Waals surface area contributed by atoms with Crippen molar-refractivity contribution in [3.63, 3.8) is 0 Å². The van der Waals surface area contributed by atoms with Crippen LogP contribution in [-0.4, -0.2) is 72.8 Å². The molecule has 35 heavy (non-hydrogen) atoms. The Morgan fingerprint density at radius 1 is 0.829 bits per heavy atom. The molecule has 0 amide bonds. The summed E-state index contributed by atoms with van der Waals surface area (Å²) in [6.45, 7) is 3.87. The van der Waals surface area contributed by atoms with Crippen LogP contribution in [0, 0.1) is 0 Å². The van der Waals surface area contributed by atoms with E-state index in [2.05, 4.69) is 35.9 Å². The third-order valence-corrected chi connectivity index (χ3v) is 4.82. The van der Waals surface area contributed by atoms with Crippen LogP contribution in [0.25, 0.3) is 0 Å². The smallest absolute Gasteiger partial charge is 0.233 e. The van der Waals surface area contributed by atoms with E-state index in [9.17, 15) is 0 Å². The van der Waals surface area contributed by atoms with Gasteiger partial charge in [0.15, 0.2) is 11.5 Å². The molecule has 5 N–H and O–H groups in total. The van der Waals surface area contributed by atoms with Gasteiger partial charge in [-0.3, -0.25) is 4.98 Å². The van der Waals surface area contributed by atoms with E-state index < -0.39 is 0 Å². The number of hydrogen-bond donors (Lipinski definition) is 4. The molecule has 0 unspecified atom stereocenters. The Hall–Kier alpha value is -3.74. The Morgan fingerprint density at radius 3 is 2.40 bits per heavy atom. The molecule has 0 atom stereocenters. The Balaban J connectivity index is 1.36. The van der Waals surface area contributed by atoms with Crippen LogP contribution < -0.4 is 31.2 Å². The number of pyridine rings is 1. The number of rotatable bonds is 15. The third-order valence-electron chi connectivity index (χ3n) is 4.82. The van der Waals surface area contributed by atoms with Gasteiger partial charge in [0.1, 0.15) is 0 Å². The number of nitrogens with one attached hydrogen (secondary N) is 3. The molecule has 1 aromatic carbocycles. The maximum Gasteiger partial charge on any atom is 0.233 e. The Morgan fingerprint density at radius 2 is 1.60 bits per heavy atom. The highest BCUT2D eigenvalue weighted by atomic mass is 16.7. The Kier molecular flexibility index (Phi) is 9.21. The minimum Gasteiger partial charge on any atom is -0.454 e. The predicted octanol–water partition coefficient (Wildman–Crippen LogP) is 1.80. The van der Waals surface area contributed by atoms with E-state index in [1.807, 2.05) is 36.4 Å². The lowest BCUT2D eigenvalue weighted by Gasteiger charge is -2.12. The number of nitrogens with two attached hydrogens (primary N) is 1. The van der Waals surface area contributed by atoms with Crippen molar-refractivity contribution >= 4 is 23.5 Å². The first-order valence-corrected chi connectivity index (χ1v) is 11.5. The van der Waals surface area contributed by atoms with Gasteiger partial charge in [-0.25, -0.2) is 0 Å². The molecule has 0 bridgehead atoms. The van der Waals surface area contributed by atoms with Crippen molar-refractivity contribution in [1.82, 2.24) is 19.9 Å². The van der Waals surface area contributed by atoms with Crippen LogP contribution in [0.1, 0.15) is 5.69 Å². The first-order chi connectivity index (χ1) is 17.3. The fraction of sp³-hybridized carbons (Fsp3) is 0.391. The van der Waals surface area contributed by atoms with Crippen molar-refractivity contribution in [1.29, 1.82) is 0 Å². The molecule has 1 aliphatic heterocycles. The maximum absolute atomic E-state index is 5.55. The molecule has 3 aromatic rings. The number of hydrogen-bond acceptors (Lipinski definition) is 12. The van der Waals surface area contributed by atoms with E-state index in [1.165, 1.54) is 0 Å². The Labute approximate surface area is 203 Å². The van der Waals surface area contributed by atoms with E-state index in [4.69, 9.17) is 24.7 Å². The summed E-state index contributed by atoms with van der Waals surface area (Å²) in [5.74, 6) is 2.63. The van der Waals surface area contributed by atoms with Crippen molar-refractivity contribution < 1.29 is 18.9 Å². The summed E-state index contributed by atoms with van der Waals surface area (Å²) < 4.78 is 21.7. The molecule has 12 nitrogen and oxygen atoms in total. The molecular weight excluding hydrogens is 452 g/mol. The summed E-state index contributed by atoms with van der Waals surface area (Å²) in [5, 5.41) is 9.63. The largest absolute Gasteiger partial charge is 0.454 e. The number of aromatic nitrogens is 4. The number of fused-ring (bicyclic) bond motifs is 1. The summed E-state index contributed by atoms with van der Waals surface area (Å²) in [6.07, 6.45) is 2.51. The molecule has 4 rings (SSSR count). The van der Waals surface area contributed by atoms with Crippen molar-refractivity contribution in [2.45, 2.75) is 6.42 Å². The molecular formula is C23H30N8O4. The Bertz CT molecular complexity index is 1060. The number of anilines is 4. The molecule has 0 fully saturated rings. The van der Waals surface area contributed by atoms with Gasteiger partial charge in [-0.1, -0.05) is 6.07 Å². The van der Waals surface area contributed by atoms with Gasteiger partial charge in [-0.15, -0.1) is 0 Å². The van der Waals surface area contributed by atoms with Gasteiger partial charge in [-0.2, -0.15) is 15.0 Å². The summed E-state index contributed by atoms with van der Waals surface area (Å²) in [5.41, 5.74) is 7.15. The SMILES string of the molecule is NCCOCCOCCNc1nc(NCCc2ccccn2)nc(Nc2ccc3c(c2)OCO3)n1. The summed E-state index contributed by atoms with van der Waals surface area (Å²) in [6, 6.07) is 11.4. The first-order valence-electron chi connectivity index (χ1n) is 11.5. The topological polar surface area (TPSA) is 151 Å². The molecule has 2 aromatic heterocycles. The van der Waals surface area contributed by atoms with Crippen LogP contribution >= 0.6 is 0 Å². The lowest BCUT2D eigenvalue weighted by Crippen LogP contribution is -2.17. The van der Waals surface area contributed by atoms with Gasteiger partial charge < -0.3 is 40.6 Å². The number of nitrogens with zero attached hydrogens (tertiary/aromatic N) is 4. The summed E-state index contributed by atoms with van der Waals surface area (Å²) in [4.78, 5) is 17.8. The van der Waals surface area contributed by atoms with Crippen LogP contribution in [0.5, 0.6) is 11.5 Å². The first kappa shape index (κ1) is 24.4. The third kappa shape index (κ3) is 7.91. The highest BCUT2D eigenvalue weighted by Crippen LogP contribution is 2.34. The van der Waals surface area contributed by atoms with Crippen LogP contribution in [-0.2, 0) is 15.9 Å². The molecule has 0 spiro atoms. The summed E-state index contributed by atoms with van der Waals surface area (Å²) >= 11 is 0. The highest BCUT2D eigenvalue weighted by molar-refractivity contribution is 5.61. The zero-order valence-electron chi connectivity index (χ0n) is 19.4. The lowest BCUT2D eigenvalue weighted by atomic mass is 10.3. The number of benzene rings is 1. The molecule has 12 heteroatoms. The monoisotopic (exact) mass is 482 g/mol. The standard InChI is InChI=1S/C23H30N8O4/c24-7-11-32-13-14-33-12-10-27-22-29-21(26-9-6-17-3-1-2-8-25-17)30-23(31-22)28-18-4-5-19-20(15-18)35-16-34-19/h1-5,8,15H,6-7,9-14,16,24H2,(H3,26,27,28,29,30,31). The zero-order chi connectivity index (χ0) is 24.1. The second kappa shape index (κ2) is 13.2. The van der Waals surface area contributed by atoms with E-state index in [0.29, 0.717) is 75.4 Å². The van der Waals surface area contributed by atoms with E-state index >= 15 is 0 Å². The van der Waals surface area contributed by atoms with Crippen molar-refractivity contribution in [2.75, 3.05) is 68.8 Å². The second-order valence-corrected chi connectivity index (χ2v) is 7.44. The fourth-order valence-electron chi connectivity index (χ4n) is 3.18. The normalized spacial score (nSPS) is 11.9. The van der Waals surface area contributed by atoms with Crippen molar-refractivity contribution in [3.05, 3.63) is 48.3 Å². The van der Waals surface area contributed by atoms with Crippen LogP contribution in [0.4, 0.5) is 23.5 Å². The minimum absolute atomic E-state index is 0.212. The van der Waals surface area contributed by atoms with E-state index in [0.717, 1.165) is 17.8 Å². The van der Waals surface area contributed by atoms with E-state index in [1.54, 1.807) is 6.20 Å². The molecule has 3 heterocycles. The van der Waals surface area contributed by atoms with Gasteiger partial charge in [0.05, 0.1) is 26.4 Å². The van der Waals surface area contributed by atoms with Crippen molar-refractivity contribution in [2.24, 2.45) is 5.73 Å². The zero-order valence-corrected chi connectivity index (χ0v) is 19.4. The van der Waals surface area contributed by atoms with Gasteiger partial charge >= 0.3 is 0 Å². The van der Waals surface area contributed by atoms with Gasteiger partial charge in [0, 0.05) is 49.7 Å². The minimum atomic E-state index is 0.212. The fourth-order valence-corrected chi connectivity index (χ4v) is 3.18. The molecule has 186 valence electrons. The van der Waals surface area contributed by atoms with Crippen LogP contribution in [0.3, 0.4) is 0 Å². The van der Waals surface area contributed by atoms with Gasteiger partial charge in [-0.05, 0) is 24.3 Å². The van der Waals surface area contributed by atoms with Gasteiger partial charge in [0.2, 0.25) is 24.6 Å². The molecule has 0 saturated carbocycles. The maximum atomic E-state index is 5.55. The summed E-state index contributed by atoms with van der Waals surface area (Å²) in [7, 11) is 0. The average Bonchev–Trinajstić information content (AvgIpc) is 3.34. The van der Waals surface area contributed by atoms with Crippen molar-refractivity contribution in [3.8, 4) is 11.5 Å². The lowest BCUT2D eigenvalue weighted by molar-refractivity contribution is 0.0547. The van der Waals surface area contributed by atoms with Crippen LogP contribution in [0.2, 0.25) is 0 Å². The van der Waals surface area contributed by atoms with Gasteiger partial charge in [0.25, 0.3) is 0 Å². The predicted molar refractivity (Wildman–Crippen MR) is 131 cm³/mol. The molecule has 1 aliphatic rings. The molecule has 0 radical (unpaired) electrons.